The molecule has 0 rings (SSSR count). The van der Waals surface area contributed by atoms with Gasteiger partial charge >= 0.3 is 71.0 Å². The van der Waals surface area contributed by atoms with Crippen LogP contribution in [0.2, 0.25) is 0 Å². The molecule has 0 heterocycles. The first kappa shape index (κ1) is 17.1. The standard InChI is InChI=1S/C2H4O2.3ClH.Fe.Na/c1-2(3)4;;;;;/h1H3,(H,3,4);3*1H;;/q;;;;+3;+1/p-4. The Labute approximate surface area is 92.7 Å². The monoisotopic (exact) mass is 243 g/mol. The Bertz CT molecular complexity index is 64.1. The van der Waals surface area contributed by atoms with Crippen LogP contribution in [0.5, 0.6) is 0 Å². The summed E-state index contributed by atoms with van der Waals surface area (Å²) < 4.78 is 0. The average molecular weight is 244 g/mol. The third-order valence-corrected chi connectivity index (χ3v) is 0. The number of carbonyl (C=O) groups is 1. The molecule has 0 atom stereocenters. The molecule has 0 amide bonds. The number of hydrogen-bond donors (Lipinski definition) is 0. The van der Waals surface area contributed by atoms with Gasteiger partial charge in [0.15, 0.2) is 0 Å². The zero-order valence-electron chi connectivity index (χ0n) is 4.80. The number of carbonyl (C=O) groups excluding carboxylic acids is 1. The molecule has 0 aliphatic rings. The van der Waals surface area contributed by atoms with Crippen molar-refractivity contribution < 1.29 is 50.6 Å². The molecule has 0 bridgehead atoms. The second-order valence-electron chi connectivity index (χ2n) is 0.643. The molecular weight excluding hydrogens is 241 g/mol. The number of carboxylic acids is 1. The Morgan fingerprint density at radius 1 is 1.44 bits per heavy atom. The number of halogens is 3. The minimum absolute atomic E-state index is 0. The molecule has 0 radical (unpaired) electrons. The third kappa shape index (κ3) is 176. The molecule has 0 aromatic carbocycles. The molecule has 0 aliphatic heterocycles. The fourth-order valence-corrected chi connectivity index (χ4v) is 0. The van der Waals surface area contributed by atoms with Crippen molar-refractivity contribution in [3.8, 4) is 0 Å². The molecule has 0 aliphatic carbocycles. The minimum atomic E-state index is -1.33. The van der Waals surface area contributed by atoms with Crippen molar-refractivity contribution in [1.29, 1.82) is 0 Å². The average Bonchev–Trinajstić information content (AvgIpc) is 1.25. The molecule has 0 saturated heterocycles. The van der Waals surface area contributed by atoms with E-state index in [0.717, 1.165) is 6.92 Å². The summed E-state index contributed by atoms with van der Waals surface area (Å²) in [5.74, 6) is -1.08. The molecule has 9 heavy (non-hydrogen) atoms. The fraction of sp³-hybridized carbons (Fsp3) is 0.500. The second-order valence-corrected chi connectivity index (χ2v) is 6.11. The van der Waals surface area contributed by atoms with Crippen molar-refractivity contribution in [2.24, 2.45) is 0 Å². The Morgan fingerprint density at radius 2 is 1.44 bits per heavy atom. The molecular formula is C2H3Cl3FeNaO2. The Hall–Kier alpha value is 1.86. The van der Waals surface area contributed by atoms with E-state index in [1.165, 1.54) is 0 Å². The Morgan fingerprint density at radius 3 is 1.44 bits per heavy atom. The molecule has 0 saturated carbocycles. The Kier molecular flexibility index (Phi) is 23.8. The van der Waals surface area contributed by atoms with Crippen molar-refractivity contribution in [2.75, 3.05) is 0 Å². The molecule has 53 valence electrons. The van der Waals surface area contributed by atoms with E-state index in [1.54, 1.807) is 0 Å². The summed E-state index contributed by atoms with van der Waals surface area (Å²) in [5.41, 5.74) is 0. The van der Waals surface area contributed by atoms with Crippen molar-refractivity contribution in [3.05, 3.63) is 0 Å². The van der Waals surface area contributed by atoms with Crippen LogP contribution in [0.3, 0.4) is 0 Å². The van der Waals surface area contributed by atoms with Crippen LogP contribution in [-0.2, 0) is 16.0 Å². The predicted molar refractivity (Wildman–Crippen MR) is 28.2 cm³/mol. The van der Waals surface area contributed by atoms with Gasteiger partial charge in [0.25, 0.3) is 0 Å². The quantitative estimate of drug-likeness (QED) is 0.455. The maximum Gasteiger partial charge on any atom is 1.00 e. The van der Waals surface area contributed by atoms with Gasteiger partial charge in [0, 0.05) is 5.97 Å². The second kappa shape index (κ2) is 12.5. The smallest absolute Gasteiger partial charge is 1.00 e. The Balaban J connectivity index is -0.0000000720. The summed E-state index contributed by atoms with van der Waals surface area (Å²) in [5, 5.41) is 8.89. The summed E-state index contributed by atoms with van der Waals surface area (Å²) in [6, 6.07) is 0. The first-order valence-corrected chi connectivity index (χ1v) is 5.87. The summed E-state index contributed by atoms with van der Waals surface area (Å²) in [6.07, 6.45) is 0. The zero-order chi connectivity index (χ0) is 7.15. The van der Waals surface area contributed by atoms with Crippen LogP contribution in [0.15, 0.2) is 0 Å². The normalized spacial score (nSPS) is 7.78. The van der Waals surface area contributed by atoms with E-state index in [0.29, 0.717) is 0 Å². The van der Waals surface area contributed by atoms with Crippen LogP contribution in [0.1, 0.15) is 6.92 Å². The zero-order valence-corrected chi connectivity index (χ0v) is 10.2. The first-order chi connectivity index (χ1) is 3.46. The molecule has 0 fully saturated rings. The molecule has 2 nitrogen and oxygen atoms in total. The van der Waals surface area contributed by atoms with Crippen LogP contribution in [0.4, 0.5) is 0 Å². The van der Waals surface area contributed by atoms with Gasteiger partial charge in [0.2, 0.25) is 0 Å². The van der Waals surface area contributed by atoms with E-state index in [4.69, 9.17) is 40.2 Å². The summed E-state index contributed by atoms with van der Waals surface area (Å²) in [6.45, 7) is 0.972. The summed E-state index contributed by atoms with van der Waals surface area (Å²) in [4.78, 5) is 8.89. The number of hydrogen-bond acceptors (Lipinski definition) is 2. The van der Waals surface area contributed by atoms with Crippen LogP contribution in [0, 0.1) is 0 Å². The van der Waals surface area contributed by atoms with Crippen LogP contribution in [-0.4, -0.2) is 5.97 Å². The molecule has 0 N–H and O–H groups in total. The maximum atomic E-state index is 8.89. The van der Waals surface area contributed by atoms with Gasteiger partial charge in [-0.25, -0.2) is 0 Å². The molecule has 7 heteroatoms. The van der Waals surface area contributed by atoms with Gasteiger partial charge in [0.05, 0.1) is 0 Å². The van der Waals surface area contributed by atoms with Gasteiger partial charge in [-0.05, 0) is 6.92 Å². The van der Waals surface area contributed by atoms with Crippen molar-refractivity contribution in [2.45, 2.75) is 6.92 Å². The first-order valence-electron chi connectivity index (χ1n) is 1.31. The molecule has 0 unspecified atom stereocenters. The van der Waals surface area contributed by atoms with E-state index < -0.39 is 17.1 Å². The van der Waals surface area contributed by atoms with Gasteiger partial charge in [-0.3, -0.25) is 0 Å². The maximum absolute atomic E-state index is 8.89. The van der Waals surface area contributed by atoms with E-state index in [2.05, 4.69) is 0 Å². The van der Waals surface area contributed by atoms with Gasteiger partial charge in [-0.2, -0.15) is 0 Å². The van der Waals surface area contributed by atoms with Crippen molar-refractivity contribution in [1.82, 2.24) is 0 Å². The summed E-state index contributed by atoms with van der Waals surface area (Å²) in [7, 11) is 14.7. The number of rotatable bonds is 0. The van der Waals surface area contributed by atoms with E-state index in [-0.39, 0.29) is 29.6 Å². The predicted octanol–water partition coefficient (Wildman–Crippen LogP) is -2.17. The van der Waals surface area contributed by atoms with Crippen LogP contribution < -0.4 is 34.7 Å². The van der Waals surface area contributed by atoms with Gasteiger partial charge in [-0.1, -0.05) is 0 Å². The third-order valence-electron chi connectivity index (χ3n) is 0. The summed E-state index contributed by atoms with van der Waals surface area (Å²) >= 11 is -1.33. The molecule has 0 aromatic heterocycles. The van der Waals surface area contributed by atoms with Crippen molar-refractivity contribution in [3.63, 3.8) is 0 Å². The van der Waals surface area contributed by atoms with Gasteiger partial charge in [-0.15, -0.1) is 0 Å². The SMILES string of the molecule is CC(=O)[O-].[Cl][Fe]([Cl])[Cl].[Na+]. The minimum Gasteiger partial charge on any atom is 1.00 e. The molecule has 0 spiro atoms. The number of aliphatic carboxylic acids is 1. The largest absolute Gasteiger partial charge is 1.00 e. The van der Waals surface area contributed by atoms with Gasteiger partial charge in [0.1, 0.15) is 0 Å². The van der Waals surface area contributed by atoms with Gasteiger partial charge < -0.3 is 9.90 Å². The number of carboxylic acid groups (broad SMARTS) is 1. The fourth-order valence-electron chi connectivity index (χ4n) is 0. The van der Waals surface area contributed by atoms with Crippen LogP contribution in [0.25, 0.3) is 0 Å². The molecule has 0 aromatic rings. The van der Waals surface area contributed by atoms with E-state index >= 15 is 0 Å². The van der Waals surface area contributed by atoms with E-state index in [9.17, 15) is 0 Å². The van der Waals surface area contributed by atoms with Crippen LogP contribution >= 0.6 is 30.3 Å². The van der Waals surface area contributed by atoms with Crippen molar-refractivity contribution >= 4 is 36.3 Å². The van der Waals surface area contributed by atoms with E-state index in [1.807, 2.05) is 0 Å². The topological polar surface area (TPSA) is 40.1 Å².